The molecule has 1 aliphatic heterocycles. The molecule has 0 amide bonds. The van der Waals surface area contributed by atoms with E-state index < -0.39 is 22.0 Å². The lowest BCUT2D eigenvalue weighted by Gasteiger charge is -2.23. The van der Waals surface area contributed by atoms with Crippen LogP contribution in [0, 0.1) is 6.67 Å². The van der Waals surface area contributed by atoms with Crippen LogP contribution < -0.4 is 10.5 Å². The molecular weight excluding hydrogens is 488 g/mol. The van der Waals surface area contributed by atoms with Gasteiger partial charge in [0, 0.05) is 31.6 Å². The molecule has 3 aromatic rings. The fraction of sp³-hybridized carbons (Fsp3) is 0.214. The van der Waals surface area contributed by atoms with Crippen molar-refractivity contribution < 1.29 is 23.7 Å². The number of quaternary nitrogens is 1. The van der Waals surface area contributed by atoms with E-state index in [-0.39, 0.29) is 17.5 Å². The van der Waals surface area contributed by atoms with E-state index in [9.17, 15) is 13.2 Å². The van der Waals surface area contributed by atoms with Crippen molar-refractivity contribution in [2.45, 2.75) is 23.4 Å². The number of esters is 1. The summed E-state index contributed by atoms with van der Waals surface area (Å²) in [7, 11) is -1.96. The normalized spacial score (nSPS) is 15.0. The summed E-state index contributed by atoms with van der Waals surface area (Å²) in [6.07, 6.45) is 4.57. The third-order valence-electron chi connectivity index (χ3n) is 6.09. The smallest absolute Gasteiger partial charge is 0.338 e. The summed E-state index contributed by atoms with van der Waals surface area (Å²) in [4.78, 5) is 16.4. The monoisotopic (exact) mass is 520 g/mol. The van der Waals surface area contributed by atoms with Gasteiger partial charge in [0.05, 0.1) is 17.1 Å². The molecule has 8 nitrogen and oxygen atoms in total. The lowest BCUT2D eigenvalue weighted by molar-refractivity contribution is -0.433. The maximum Gasteiger partial charge on any atom is 0.338 e. The Hall–Kier alpha value is -3.66. The fourth-order valence-electron chi connectivity index (χ4n) is 4.07. The highest BCUT2D eigenvalue weighted by molar-refractivity contribution is 7.89. The Kier molecular flexibility index (Phi) is 8.60. The average molecular weight is 521 g/mol. The zero-order valence-corrected chi connectivity index (χ0v) is 21.6. The molecule has 0 saturated carbocycles. The summed E-state index contributed by atoms with van der Waals surface area (Å²) in [6, 6.07) is 23.8. The van der Waals surface area contributed by atoms with Crippen LogP contribution in [0.2, 0.25) is 0 Å². The van der Waals surface area contributed by atoms with E-state index in [0.29, 0.717) is 12.0 Å². The van der Waals surface area contributed by atoms with Gasteiger partial charge in [-0.05, 0) is 36.2 Å². The number of nitrogens with one attached hydrogen (secondary N) is 1. The van der Waals surface area contributed by atoms with Crippen LogP contribution in [0.5, 0.6) is 0 Å². The molecule has 2 unspecified atom stereocenters. The predicted molar refractivity (Wildman–Crippen MR) is 141 cm³/mol. The van der Waals surface area contributed by atoms with Crippen LogP contribution in [0.1, 0.15) is 40.0 Å². The van der Waals surface area contributed by atoms with Crippen LogP contribution in [-0.2, 0) is 14.8 Å². The molecule has 0 aromatic heterocycles. The van der Waals surface area contributed by atoms with Crippen LogP contribution >= 0.6 is 0 Å². The molecule has 9 heteroatoms. The number of rotatable bonds is 11. The molecule has 2 atom stereocenters. The highest BCUT2D eigenvalue weighted by atomic mass is 32.2. The molecule has 0 bridgehead atoms. The minimum atomic E-state index is -3.90. The van der Waals surface area contributed by atoms with E-state index in [2.05, 4.69) is 10.5 Å². The second-order valence-corrected chi connectivity index (χ2v) is 10.6. The molecule has 3 aromatic carbocycles. The largest absolute Gasteiger partial charge is 0.462 e. The summed E-state index contributed by atoms with van der Waals surface area (Å²) < 4.78 is 34.8. The second-order valence-electron chi connectivity index (χ2n) is 8.86. The number of carbonyl (C=O) groups excluding carboxylic acids is 1. The van der Waals surface area contributed by atoms with Gasteiger partial charge < -0.3 is 20.3 Å². The first-order chi connectivity index (χ1) is 17.8. The van der Waals surface area contributed by atoms with Gasteiger partial charge >= 0.3 is 5.97 Å². The minimum Gasteiger partial charge on any atom is -0.462 e. The zero-order chi connectivity index (χ0) is 26.3. The molecule has 1 radical (unpaired) electrons. The Balaban J connectivity index is 1.40. The van der Waals surface area contributed by atoms with E-state index in [0.717, 1.165) is 17.7 Å². The summed E-state index contributed by atoms with van der Waals surface area (Å²) in [6.45, 7) is 2.95. The SMILES string of the molecule is CN1[CH]N(CCCOC(=O)c2ccc(S(=O)(=O)NC(c3ccccc3)C([NH3+])c3ccccc3)cc2)C=C1. The van der Waals surface area contributed by atoms with Crippen molar-refractivity contribution in [3.8, 4) is 0 Å². The molecule has 0 saturated heterocycles. The number of carbonyl (C=O) groups is 1. The van der Waals surface area contributed by atoms with Crippen molar-refractivity contribution in [3.63, 3.8) is 0 Å². The van der Waals surface area contributed by atoms with Gasteiger partial charge in [0.15, 0.2) is 0 Å². The molecule has 193 valence electrons. The molecule has 4 N–H and O–H groups in total. The first-order valence-corrected chi connectivity index (χ1v) is 13.6. The standard InChI is InChI=1S/C28H31N4O4S/c1-31-18-19-32(21-31)17-8-20-36-28(33)24-13-15-25(16-14-24)37(34,35)30-27(23-11-6-3-7-12-23)26(29)22-9-4-2-5-10-22/h2-7,9-16,18-19,21,26-27,30H,8,17,20,29H2,1H3/p+1. The maximum atomic E-state index is 13.3. The van der Waals surface area contributed by atoms with E-state index in [1.807, 2.05) is 96.6 Å². The van der Waals surface area contributed by atoms with Gasteiger partial charge in [-0.1, -0.05) is 60.7 Å². The second kappa shape index (κ2) is 12.1. The van der Waals surface area contributed by atoms with Gasteiger partial charge in [0.25, 0.3) is 0 Å². The Morgan fingerprint density at radius 3 is 2.14 bits per heavy atom. The maximum absolute atomic E-state index is 13.3. The van der Waals surface area contributed by atoms with E-state index in [4.69, 9.17) is 4.74 Å². The number of hydrogen-bond acceptors (Lipinski definition) is 6. The third-order valence-corrected chi connectivity index (χ3v) is 7.55. The Bertz CT molecular complexity index is 1300. The molecule has 1 heterocycles. The average Bonchev–Trinajstić information content (AvgIpc) is 3.35. The molecule has 0 spiro atoms. The number of sulfonamides is 1. The van der Waals surface area contributed by atoms with Crippen LogP contribution in [0.4, 0.5) is 0 Å². The van der Waals surface area contributed by atoms with Crippen LogP contribution in [0.3, 0.4) is 0 Å². The first kappa shape index (κ1) is 26.4. The van der Waals surface area contributed by atoms with Gasteiger partial charge in [-0.25, -0.2) is 13.2 Å². The Morgan fingerprint density at radius 2 is 1.54 bits per heavy atom. The number of benzene rings is 3. The number of hydrogen-bond donors (Lipinski definition) is 2. The molecule has 37 heavy (non-hydrogen) atoms. The van der Waals surface area contributed by atoms with Gasteiger partial charge in [0.1, 0.15) is 18.8 Å². The molecule has 4 rings (SSSR count). The van der Waals surface area contributed by atoms with Gasteiger partial charge in [-0.2, -0.15) is 4.72 Å². The van der Waals surface area contributed by atoms with Crippen LogP contribution in [-0.4, -0.2) is 44.4 Å². The van der Waals surface area contributed by atoms with Crippen molar-refractivity contribution in [1.82, 2.24) is 14.5 Å². The molecule has 1 aliphatic rings. The van der Waals surface area contributed by atoms with Crippen molar-refractivity contribution in [1.29, 1.82) is 0 Å². The lowest BCUT2D eigenvalue weighted by atomic mass is 9.95. The predicted octanol–water partition coefficient (Wildman–Crippen LogP) is 3.07. The van der Waals surface area contributed by atoms with Crippen LogP contribution in [0.25, 0.3) is 0 Å². The van der Waals surface area contributed by atoms with Crippen molar-refractivity contribution in [2.24, 2.45) is 0 Å². The highest BCUT2D eigenvalue weighted by Crippen LogP contribution is 2.27. The van der Waals surface area contributed by atoms with E-state index >= 15 is 0 Å². The number of ether oxygens (including phenoxy) is 1. The summed E-state index contributed by atoms with van der Waals surface area (Å²) >= 11 is 0. The van der Waals surface area contributed by atoms with E-state index in [1.54, 1.807) is 0 Å². The summed E-state index contributed by atoms with van der Waals surface area (Å²) in [5.74, 6) is -0.487. The van der Waals surface area contributed by atoms with Crippen molar-refractivity contribution >= 4 is 16.0 Å². The molecule has 0 fully saturated rings. The summed E-state index contributed by atoms with van der Waals surface area (Å²) in [5, 5.41) is 0. The summed E-state index contributed by atoms with van der Waals surface area (Å²) in [5.41, 5.74) is 6.29. The van der Waals surface area contributed by atoms with E-state index in [1.165, 1.54) is 24.3 Å². The molecular formula is C28H32N4O4S+. The quantitative estimate of drug-likeness (QED) is 0.297. The van der Waals surface area contributed by atoms with Gasteiger partial charge in [-0.15, -0.1) is 0 Å². The van der Waals surface area contributed by atoms with Gasteiger partial charge in [-0.3, -0.25) is 0 Å². The first-order valence-electron chi connectivity index (χ1n) is 12.1. The zero-order valence-electron chi connectivity index (χ0n) is 20.7. The topological polar surface area (TPSA) is 107 Å². The Morgan fingerprint density at radius 1 is 0.919 bits per heavy atom. The molecule has 0 aliphatic carbocycles. The fourth-order valence-corrected chi connectivity index (χ4v) is 5.34. The highest BCUT2D eigenvalue weighted by Gasteiger charge is 2.30. The van der Waals surface area contributed by atoms with Crippen molar-refractivity contribution in [2.75, 3.05) is 20.2 Å². The number of nitrogens with zero attached hydrogens (tertiary/aromatic N) is 2. The van der Waals surface area contributed by atoms with Gasteiger partial charge in [0.2, 0.25) is 10.0 Å². The lowest BCUT2D eigenvalue weighted by Crippen LogP contribution is -2.59. The third kappa shape index (κ3) is 6.97. The van der Waals surface area contributed by atoms with Crippen molar-refractivity contribution in [3.05, 3.63) is 121 Å². The minimum absolute atomic E-state index is 0.0609. The van der Waals surface area contributed by atoms with Crippen LogP contribution in [0.15, 0.2) is 102 Å². The Labute approximate surface area is 218 Å².